The Balaban J connectivity index is 3.88. The molecule has 2 heteroatoms. The molecular weight excluding hydrogens is 242 g/mol. The molecule has 0 rings (SSSR count). The fraction of sp³-hybridized carbons (Fsp3) is 1.00. The summed E-state index contributed by atoms with van der Waals surface area (Å²) < 4.78 is 0. The van der Waals surface area contributed by atoms with Crippen molar-refractivity contribution < 1.29 is 0 Å². The van der Waals surface area contributed by atoms with Gasteiger partial charge in [0.05, 0.1) is 0 Å². The molecule has 0 bridgehead atoms. The average Bonchev–Trinajstić information content (AvgIpc) is 1.62. The van der Waals surface area contributed by atoms with E-state index in [2.05, 4.69) is 56.7 Å². The van der Waals surface area contributed by atoms with Gasteiger partial charge in [-0.15, -0.1) is 0 Å². The normalized spacial score (nSPS) is 16.3. The van der Waals surface area contributed by atoms with Crippen LogP contribution >= 0.6 is 27.6 Å². The summed E-state index contributed by atoms with van der Waals surface area (Å²) in [5.41, 5.74) is 1.05. The van der Waals surface area contributed by atoms with Crippen molar-refractivity contribution in [1.29, 1.82) is 0 Å². The molecule has 0 fully saturated rings. The largest absolute Gasteiger partial charge is 0.0581 e. The molecule has 0 spiro atoms. The van der Waals surface area contributed by atoms with Gasteiger partial charge in [0.25, 0.3) is 0 Å². The molecule has 0 aromatic carbocycles. The zero-order chi connectivity index (χ0) is 7.65. The fourth-order valence-corrected chi connectivity index (χ4v) is 2.32. The second-order valence-corrected chi connectivity index (χ2v) is 9.69. The molecule has 0 amide bonds. The Kier molecular flexibility index (Phi) is 3.98. The van der Waals surface area contributed by atoms with Gasteiger partial charge in [-0.1, -0.05) is 56.7 Å². The van der Waals surface area contributed by atoms with E-state index in [0.717, 1.165) is 5.66 Å². The third-order valence-corrected chi connectivity index (χ3v) is 11.0. The highest BCUT2D eigenvalue weighted by molar-refractivity contribution is 14.2. The van der Waals surface area contributed by atoms with Crippen molar-refractivity contribution in [2.75, 3.05) is 0 Å². The topological polar surface area (TPSA) is 0 Å². The Bertz CT molecular complexity index is 83.4. The number of halogens is 1. The van der Waals surface area contributed by atoms with Crippen LogP contribution in [-0.2, 0) is 0 Å². The van der Waals surface area contributed by atoms with Gasteiger partial charge in [0, 0.05) is 0 Å². The Morgan fingerprint density at radius 3 is 1.56 bits per heavy atom. The molecule has 0 heterocycles. The van der Waals surface area contributed by atoms with Gasteiger partial charge in [0.2, 0.25) is 0 Å². The van der Waals surface area contributed by atoms with Crippen molar-refractivity contribution in [3.8, 4) is 0 Å². The second-order valence-electron chi connectivity index (χ2n) is 3.58. The van der Waals surface area contributed by atoms with Gasteiger partial charge in [0.1, 0.15) is 0 Å². The molecule has 0 aliphatic heterocycles. The molecule has 1 atom stereocenters. The van der Waals surface area contributed by atoms with Gasteiger partial charge in [0.15, 0.2) is 0 Å². The van der Waals surface area contributed by atoms with E-state index in [0.29, 0.717) is 5.16 Å². The molecule has 0 aliphatic carbocycles. The maximum absolute atomic E-state index is 2.60. The van der Waals surface area contributed by atoms with E-state index in [-0.39, 0.29) is 5.56 Å². The number of hydrogen-bond donors (Lipinski definition) is 0. The predicted octanol–water partition coefficient (Wildman–Crippen LogP) is 4.03. The Hall–Kier alpha value is 1.16. The van der Waals surface area contributed by atoms with Crippen LogP contribution in [0.15, 0.2) is 0 Å². The molecule has 9 heavy (non-hydrogen) atoms. The fourth-order valence-electron chi connectivity index (χ4n) is 0.775. The van der Waals surface area contributed by atoms with Gasteiger partial charge in [-0.3, -0.25) is 0 Å². The quantitative estimate of drug-likeness (QED) is 0.492. The highest BCUT2D eigenvalue weighted by Gasteiger charge is 2.23. The van der Waals surface area contributed by atoms with Gasteiger partial charge in [-0.25, -0.2) is 0 Å². The summed E-state index contributed by atoms with van der Waals surface area (Å²) in [5.74, 6) is 0. The molecule has 0 aromatic heterocycles. The first-order valence-electron chi connectivity index (χ1n) is 3.31. The molecule has 0 saturated heterocycles. The van der Waals surface area contributed by atoms with Gasteiger partial charge in [-0.2, -0.15) is 0 Å². The summed E-state index contributed by atoms with van der Waals surface area (Å²) in [6, 6.07) is 0. The minimum absolute atomic E-state index is 0.189. The Morgan fingerprint density at radius 2 is 1.56 bits per heavy atom. The van der Waals surface area contributed by atoms with Gasteiger partial charge < -0.3 is 0 Å². The van der Waals surface area contributed by atoms with Crippen LogP contribution in [0, 0.1) is 0 Å². The summed E-state index contributed by atoms with van der Waals surface area (Å²) in [4.78, 5) is 0. The van der Waals surface area contributed by atoms with Gasteiger partial charge in [-0.05, 0) is 16.4 Å². The van der Waals surface area contributed by atoms with Crippen molar-refractivity contribution in [3.05, 3.63) is 0 Å². The Morgan fingerprint density at radius 1 is 1.22 bits per heavy atom. The van der Waals surface area contributed by atoms with E-state index >= 15 is 0 Å². The van der Waals surface area contributed by atoms with E-state index < -0.39 is 0 Å². The number of rotatable bonds is 1. The van der Waals surface area contributed by atoms with Crippen LogP contribution in [0.1, 0.15) is 34.6 Å². The average molecular weight is 258 g/mol. The van der Waals surface area contributed by atoms with Gasteiger partial charge >= 0.3 is 0 Å². The summed E-state index contributed by atoms with van der Waals surface area (Å²) in [6.45, 7) is 11.6. The van der Waals surface area contributed by atoms with Crippen LogP contribution in [0.5, 0.6) is 0 Å². The standard InChI is InChI=1S/C7H16IP/c1-6(2)9(8)7(3,4)5/h6H,1-5H3. The third kappa shape index (κ3) is 3.77. The summed E-state index contributed by atoms with van der Waals surface area (Å²) in [7, 11) is 0. The SMILES string of the molecule is CC(C)P(I)C(C)(C)C. The van der Waals surface area contributed by atoms with E-state index in [4.69, 9.17) is 0 Å². The second kappa shape index (κ2) is 3.52. The molecule has 0 aliphatic rings. The monoisotopic (exact) mass is 258 g/mol. The highest BCUT2D eigenvalue weighted by Crippen LogP contribution is 2.59. The molecule has 0 N–H and O–H groups in total. The lowest BCUT2D eigenvalue weighted by molar-refractivity contribution is 0.782. The lowest BCUT2D eigenvalue weighted by atomic mass is 10.3. The van der Waals surface area contributed by atoms with Crippen molar-refractivity contribution >= 4 is 27.6 Å². The predicted molar refractivity (Wildman–Crippen MR) is 55.8 cm³/mol. The van der Waals surface area contributed by atoms with Crippen LogP contribution < -0.4 is 0 Å². The maximum Gasteiger partial charge on any atom is -0.00868 e. The van der Waals surface area contributed by atoms with Crippen LogP contribution in [0.3, 0.4) is 0 Å². The highest BCUT2D eigenvalue weighted by atomic mass is 127. The van der Waals surface area contributed by atoms with Crippen molar-refractivity contribution in [3.63, 3.8) is 0 Å². The van der Waals surface area contributed by atoms with Crippen LogP contribution in [0.2, 0.25) is 0 Å². The molecule has 0 aromatic rings. The molecule has 1 unspecified atom stereocenters. The van der Waals surface area contributed by atoms with Crippen molar-refractivity contribution in [2.24, 2.45) is 0 Å². The number of hydrogen-bond acceptors (Lipinski definition) is 0. The van der Waals surface area contributed by atoms with Crippen LogP contribution in [-0.4, -0.2) is 10.8 Å². The molecule has 56 valence electrons. The van der Waals surface area contributed by atoms with E-state index in [9.17, 15) is 0 Å². The van der Waals surface area contributed by atoms with Crippen molar-refractivity contribution in [2.45, 2.75) is 45.4 Å². The molecular formula is C7H16IP. The van der Waals surface area contributed by atoms with E-state index in [1.807, 2.05) is 0 Å². The van der Waals surface area contributed by atoms with Crippen LogP contribution in [0.4, 0.5) is 0 Å². The lowest BCUT2D eigenvalue weighted by Crippen LogP contribution is -2.12. The summed E-state index contributed by atoms with van der Waals surface area (Å²) in [6.07, 6.45) is 0. The zero-order valence-electron chi connectivity index (χ0n) is 6.90. The molecule has 0 saturated carbocycles. The maximum atomic E-state index is 2.60. The van der Waals surface area contributed by atoms with Crippen molar-refractivity contribution in [1.82, 2.24) is 0 Å². The third-order valence-electron chi connectivity index (χ3n) is 1.09. The minimum atomic E-state index is 0.189. The Labute approximate surface area is 73.0 Å². The smallest absolute Gasteiger partial charge is 0.00868 e. The zero-order valence-corrected chi connectivity index (χ0v) is 9.95. The van der Waals surface area contributed by atoms with E-state index in [1.54, 1.807) is 0 Å². The summed E-state index contributed by atoms with van der Waals surface area (Å²) >= 11 is 2.60. The van der Waals surface area contributed by atoms with E-state index in [1.165, 1.54) is 0 Å². The first-order valence-corrected chi connectivity index (χ1v) is 7.50. The first-order chi connectivity index (χ1) is 3.85. The molecule has 0 radical (unpaired) electrons. The molecule has 0 nitrogen and oxygen atoms in total. The lowest BCUT2D eigenvalue weighted by Gasteiger charge is -2.28. The first kappa shape index (κ1) is 10.2. The summed E-state index contributed by atoms with van der Waals surface area (Å²) in [5, 5.41) is 0.532. The van der Waals surface area contributed by atoms with Crippen LogP contribution in [0.25, 0.3) is 0 Å². The minimum Gasteiger partial charge on any atom is -0.0581 e.